The number of hydrogen-bond donors (Lipinski definition) is 17. The van der Waals surface area contributed by atoms with Crippen molar-refractivity contribution >= 4 is 60.8 Å². The molecular weight excluding hydrogens is 832 g/mol. The Morgan fingerprint density at radius 1 is 0.396 bits per heavy atom. The van der Waals surface area contributed by atoms with Crippen LogP contribution < -0.4 is 5.32 Å². The first-order chi connectivity index (χ1) is 20.9. The van der Waals surface area contributed by atoms with Gasteiger partial charge in [-0.25, -0.2) is 0 Å². The Kier molecular flexibility index (Phi) is 17.8. The lowest BCUT2D eigenvalue weighted by Gasteiger charge is -2.38. The fourth-order valence-corrected chi connectivity index (χ4v) is 15.3. The number of hydrogen-bond acceptors (Lipinski definition) is 12. The first kappa shape index (κ1) is 49.0. The Balaban J connectivity index is 6.96. The molecule has 0 heterocycles. The lowest BCUT2D eigenvalue weighted by Crippen LogP contribution is -2.49. The van der Waals surface area contributed by atoms with E-state index in [1.807, 2.05) is 0 Å². The highest BCUT2D eigenvalue weighted by Crippen LogP contribution is 2.64. The maximum absolute atomic E-state index is 12.2. The highest BCUT2D eigenvalue weighted by molar-refractivity contribution is 7.72. The second-order valence-electron chi connectivity index (χ2n) is 9.78. The Hall–Kier alpha value is 1.04. The van der Waals surface area contributed by atoms with E-state index in [4.69, 9.17) is 0 Å². The minimum absolute atomic E-state index is 0.0834. The Bertz CT molecular complexity index is 1370. The molecule has 0 saturated heterocycles. The van der Waals surface area contributed by atoms with E-state index in [0.717, 1.165) is 6.92 Å². The van der Waals surface area contributed by atoms with Gasteiger partial charge in [-0.15, -0.1) is 0 Å². The van der Waals surface area contributed by atoms with E-state index in [1.165, 1.54) is 0 Å². The fraction of sp³-hybridized carbons (Fsp3) is 1.00. The standard InChI is InChI=1S/C12H38N4O24P8/c1-2-14(10(43(23,24)25)44(26,27)28)5-6-16(12(47(35,36)37)48(38,39)40)8-7-15(11(45(29,30)31)46(32,33)34)4-3-13-9(41(17,18)19)42(20,21)22/h9-13H,2-8H2,1H3,(H2,17,18,19)(H2,20,21,22)(H2,23,24,25)(H2,26,27,28)(H2,29,30,31)(H2,32,33,34)(H2,35,36,37)(H2,38,39,40). The van der Waals surface area contributed by atoms with Crippen molar-refractivity contribution in [3.8, 4) is 0 Å². The van der Waals surface area contributed by atoms with Gasteiger partial charge < -0.3 is 78.3 Å². The van der Waals surface area contributed by atoms with Gasteiger partial charge in [0.1, 0.15) is 0 Å². The molecule has 0 amide bonds. The van der Waals surface area contributed by atoms with Crippen molar-refractivity contribution in [3.63, 3.8) is 0 Å². The summed E-state index contributed by atoms with van der Waals surface area (Å²) in [7, 11) is -46.8. The largest absolute Gasteiger partial charge is 0.354 e. The Morgan fingerprint density at radius 2 is 0.625 bits per heavy atom. The monoisotopic (exact) mass is 870 g/mol. The molecule has 0 atom stereocenters. The van der Waals surface area contributed by atoms with Crippen LogP contribution in [0.1, 0.15) is 6.92 Å². The zero-order chi connectivity index (χ0) is 38.7. The van der Waals surface area contributed by atoms with Crippen LogP contribution in [-0.2, 0) is 36.5 Å². The zero-order valence-electron chi connectivity index (χ0n) is 24.1. The molecule has 0 aromatic rings. The van der Waals surface area contributed by atoms with Crippen molar-refractivity contribution in [1.29, 1.82) is 0 Å². The number of nitrogens with zero attached hydrogens (tertiary/aromatic N) is 3. The third-order valence-corrected chi connectivity index (χ3v) is 20.3. The lowest BCUT2D eigenvalue weighted by atomic mass is 10.4. The van der Waals surface area contributed by atoms with Crippen LogP contribution in [-0.4, -0.2) is 161 Å². The van der Waals surface area contributed by atoms with Crippen molar-refractivity contribution in [2.45, 2.75) is 29.0 Å². The van der Waals surface area contributed by atoms with E-state index in [9.17, 15) is 115 Å². The summed E-state index contributed by atoms with van der Waals surface area (Å²) >= 11 is 0. The molecule has 0 aromatic heterocycles. The van der Waals surface area contributed by atoms with Gasteiger partial charge in [-0.05, 0) is 6.54 Å². The van der Waals surface area contributed by atoms with Crippen molar-refractivity contribution in [2.75, 3.05) is 45.8 Å². The Labute approximate surface area is 270 Å². The van der Waals surface area contributed by atoms with E-state index in [0.29, 0.717) is 4.90 Å². The molecule has 0 unspecified atom stereocenters. The van der Waals surface area contributed by atoms with Gasteiger partial charge >= 0.3 is 60.8 Å². The van der Waals surface area contributed by atoms with Crippen LogP contribution in [0.4, 0.5) is 0 Å². The lowest BCUT2D eigenvalue weighted by molar-refractivity contribution is 0.152. The third-order valence-electron chi connectivity index (χ3n) is 5.90. The maximum atomic E-state index is 12.2. The van der Waals surface area contributed by atoms with Crippen LogP contribution in [0.15, 0.2) is 0 Å². The summed E-state index contributed by atoms with van der Waals surface area (Å²) in [6, 6.07) is 0. The molecule has 36 heteroatoms. The van der Waals surface area contributed by atoms with Crippen LogP contribution in [0.2, 0.25) is 0 Å². The summed E-state index contributed by atoms with van der Waals surface area (Å²) in [5.41, 5.74) is -12.2. The van der Waals surface area contributed by atoms with E-state index in [2.05, 4.69) is 0 Å². The van der Waals surface area contributed by atoms with E-state index in [1.54, 1.807) is 5.32 Å². The minimum atomic E-state index is -6.00. The summed E-state index contributed by atoms with van der Waals surface area (Å²) < 4.78 is 95.4. The minimum Gasteiger partial charge on any atom is -0.323 e. The predicted molar refractivity (Wildman–Crippen MR) is 160 cm³/mol. The Morgan fingerprint density at radius 3 is 0.854 bits per heavy atom. The summed E-state index contributed by atoms with van der Waals surface area (Å²) in [5.74, 6) is 0. The van der Waals surface area contributed by atoms with Crippen LogP contribution >= 0.6 is 60.8 Å². The smallest absolute Gasteiger partial charge is 0.323 e. The van der Waals surface area contributed by atoms with E-state index < -0.39 is 129 Å². The first-order valence-corrected chi connectivity index (χ1v) is 25.7. The molecule has 0 aliphatic rings. The summed E-state index contributed by atoms with van der Waals surface area (Å²) in [5, 5.41) is 1.64. The van der Waals surface area contributed by atoms with E-state index >= 15 is 0 Å². The molecule has 0 aliphatic heterocycles. The van der Waals surface area contributed by atoms with Crippen molar-refractivity contribution in [2.24, 2.45) is 0 Å². The van der Waals surface area contributed by atoms with Crippen LogP contribution in [0.5, 0.6) is 0 Å². The van der Waals surface area contributed by atoms with Crippen molar-refractivity contribution in [1.82, 2.24) is 20.0 Å². The zero-order valence-corrected chi connectivity index (χ0v) is 31.3. The summed E-state index contributed by atoms with van der Waals surface area (Å²) in [6.45, 7) is -6.69. The van der Waals surface area contributed by atoms with Gasteiger partial charge in [0.15, 0.2) is 0 Å². The van der Waals surface area contributed by atoms with Gasteiger partial charge in [0.05, 0.1) is 0 Å². The quantitative estimate of drug-likeness (QED) is 0.0462. The molecule has 0 rings (SSSR count). The molecular formula is C12H38N4O24P8. The first-order valence-electron chi connectivity index (χ1n) is 12.2. The van der Waals surface area contributed by atoms with Crippen LogP contribution in [0.25, 0.3) is 0 Å². The molecule has 0 spiro atoms. The molecule has 0 radical (unpaired) electrons. The SMILES string of the molecule is CCN(CCN(CCN(CCNC(P(=O)(O)O)P(=O)(O)O)C(P(=O)(O)O)P(=O)(O)O)C(P(=O)(O)O)P(=O)(O)O)C(P(=O)(O)O)P(=O)(O)O. The number of likely N-dealkylation sites (N-methyl/N-ethyl adjacent to an activating group) is 1. The number of rotatable bonds is 22. The van der Waals surface area contributed by atoms with Gasteiger partial charge in [0, 0.05) is 39.3 Å². The highest BCUT2D eigenvalue weighted by Gasteiger charge is 2.52. The molecule has 0 fully saturated rings. The molecule has 48 heavy (non-hydrogen) atoms. The molecule has 0 aromatic carbocycles. The predicted octanol–water partition coefficient (Wildman–Crippen LogP) is -3.94. The van der Waals surface area contributed by atoms with Gasteiger partial charge in [-0.1, -0.05) is 6.92 Å². The van der Waals surface area contributed by atoms with Crippen LogP contribution in [0, 0.1) is 0 Å². The van der Waals surface area contributed by atoms with Crippen LogP contribution in [0.3, 0.4) is 0 Å². The topological polar surface area (TPSA) is 482 Å². The molecule has 290 valence electrons. The molecule has 0 saturated carbocycles. The van der Waals surface area contributed by atoms with E-state index in [-0.39, 0.29) is 9.80 Å². The molecule has 17 N–H and O–H groups in total. The van der Waals surface area contributed by atoms with Gasteiger partial charge in [0.2, 0.25) is 22.1 Å². The maximum Gasteiger partial charge on any atom is 0.354 e. The third kappa shape index (κ3) is 16.0. The van der Waals surface area contributed by atoms with Gasteiger partial charge in [0.25, 0.3) is 0 Å². The summed E-state index contributed by atoms with van der Waals surface area (Å²) in [6.07, 6.45) is 0. The van der Waals surface area contributed by atoms with Crippen molar-refractivity contribution < 1.29 is 115 Å². The van der Waals surface area contributed by atoms with Gasteiger partial charge in [-0.2, -0.15) is 0 Å². The summed E-state index contributed by atoms with van der Waals surface area (Å²) in [4.78, 5) is 153. The highest BCUT2D eigenvalue weighted by atomic mass is 31.3. The average molecular weight is 870 g/mol. The van der Waals surface area contributed by atoms with Gasteiger partial charge in [-0.3, -0.25) is 56.5 Å². The second-order valence-corrected chi connectivity index (χ2v) is 24.8. The normalized spacial score (nSPS) is 15.3. The van der Waals surface area contributed by atoms with Crippen molar-refractivity contribution in [3.05, 3.63) is 0 Å². The average Bonchev–Trinajstić information content (AvgIpc) is 2.74. The molecule has 0 bridgehead atoms. The molecule has 28 nitrogen and oxygen atoms in total. The number of nitrogens with one attached hydrogen (secondary N) is 1. The second kappa shape index (κ2) is 17.5. The molecule has 0 aliphatic carbocycles. The fourth-order valence-electron chi connectivity index (χ4n) is 4.27.